The second-order valence-electron chi connectivity index (χ2n) is 4.95. The molecule has 1 aromatic carbocycles. The van der Waals surface area contributed by atoms with Crippen LogP contribution in [0.25, 0.3) is 5.69 Å². The molecule has 0 radical (unpaired) electrons. The normalized spacial score (nSPS) is 14.6. The fourth-order valence-corrected chi connectivity index (χ4v) is 2.46. The van der Waals surface area contributed by atoms with E-state index in [9.17, 15) is 14.4 Å². The zero-order valence-electron chi connectivity index (χ0n) is 11.8. The monoisotopic (exact) mass is 299 g/mol. The van der Waals surface area contributed by atoms with Crippen LogP contribution >= 0.6 is 0 Å². The largest absolute Gasteiger partial charge is 0.366 e. The molecule has 7 heteroatoms. The SMILES string of the molecule is N#Cc1c(N2CCNCC2)cnn(-c2ccc(F)cc2)c1=O. The van der Waals surface area contributed by atoms with Crippen molar-refractivity contribution in [2.75, 3.05) is 31.1 Å². The van der Waals surface area contributed by atoms with Crippen LogP contribution in [-0.2, 0) is 0 Å². The molecule has 0 aliphatic carbocycles. The third-order valence-electron chi connectivity index (χ3n) is 3.60. The molecule has 0 atom stereocenters. The molecule has 0 spiro atoms. The van der Waals surface area contributed by atoms with Gasteiger partial charge in [-0.3, -0.25) is 4.79 Å². The average Bonchev–Trinajstić information content (AvgIpc) is 2.56. The fraction of sp³-hybridized carbons (Fsp3) is 0.267. The number of rotatable bonds is 2. The number of hydrogen-bond acceptors (Lipinski definition) is 5. The summed E-state index contributed by atoms with van der Waals surface area (Å²) < 4.78 is 14.1. The van der Waals surface area contributed by atoms with Crippen molar-refractivity contribution in [2.24, 2.45) is 0 Å². The molecule has 22 heavy (non-hydrogen) atoms. The van der Waals surface area contributed by atoms with Crippen LogP contribution < -0.4 is 15.8 Å². The molecule has 6 nitrogen and oxygen atoms in total. The van der Waals surface area contributed by atoms with E-state index in [0.29, 0.717) is 11.4 Å². The van der Waals surface area contributed by atoms with Crippen molar-refractivity contribution in [3.63, 3.8) is 0 Å². The second-order valence-corrected chi connectivity index (χ2v) is 4.95. The Hall–Kier alpha value is -2.72. The van der Waals surface area contributed by atoms with Gasteiger partial charge in [0, 0.05) is 26.2 Å². The maximum absolute atomic E-state index is 13.0. The first-order chi connectivity index (χ1) is 10.7. The van der Waals surface area contributed by atoms with Crippen LogP contribution in [0.1, 0.15) is 5.56 Å². The van der Waals surface area contributed by atoms with Crippen LogP contribution in [0, 0.1) is 17.1 Å². The molecule has 0 saturated carbocycles. The van der Waals surface area contributed by atoms with Crippen LogP contribution in [0.15, 0.2) is 35.3 Å². The molecule has 1 aliphatic rings. The summed E-state index contributed by atoms with van der Waals surface area (Å²) in [5, 5.41) is 16.7. The molecule has 3 rings (SSSR count). The van der Waals surface area contributed by atoms with Gasteiger partial charge in [-0.15, -0.1) is 0 Å². The number of nitrogens with one attached hydrogen (secondary N) is 1. The van der Waals surface area contributed by atoms with Crippen molar-refractivity contribution in [1.29, 1.82) is 5.26 Å². The summed E-state index contributed by atoms with van der Waals surface area (Å²) in [6.45, 7) is 3.03. The standard InChI is InChI=1S/C15H14FN5O/c16-11-1-3-12(4-2-11)21-15(22)13(9-17)14(10-19-21)20-7-5-18-6-8-20/h1-4,10,18H,5-8H2. The molecule has 0 amide bonds. The Kier molecular flexibility index (Phi) is 3.85. The van der Waals surface area contributed by atoms with Crippen LogP contribution in [0.4, 0.5) is 10.1 Å². The van der Waals surface area contributed by atoms with Gasteiger partial charge in [0.05, 0.1) is 17.6 Å². The van der Waals surface area contributed by atoms with E-state index in [4.69, 9.17) is 0 Å². The minimum absolute atomic E-state index is 0.0567. The first-order valence-corrected chi connectivity index (χ1v) is 6.95. The number of benzene rings is 1. The lowest BCUT2D eigenvalue weighted by Crippen LogP contribution is -2.44. The maximum Gasteiger partial charge on any atom is 0.291 e. The Balaban J connectivity index is 2.06. The number of halogens is 1. The number of nitriles is 1. The van der Waals surface area contributed by atoms with Gasteiger partial charge in [-0.05, 0) is 24.3 Å². The lowest BCUT2D eigenvalue weighted by molar-refractivity contribution is 0.586. The molecule has 1 aliphatic heterocycles. The van der Waals surface area contributed by atoms with Crippen LogP contribution in [0.3, 0.4) is 0 Å². The van der Waals surface area contributed by atoms with Crippen molar-refractivity contribution in [3.8, 4) is 11.8 Å². The van der Waals surface area contributed by atoms with Gasteiger partial charge in [0.2, 0.25) is 0 Å². The molecule has 0 unspecified atom stereocenters. The number of anilines is 1. The van der Waals surface area contributed by atoms with Gasteiger partial charge in [0.1, 0.15) is 17.4 Å². The summed E-state index contributed by atoms with van der Waals surface area (Å²) >= 11 is 0. The van der Waals surface area contributed by atoms with Crippen LogP contribution in [0.2, 0.25) is 0 Å². The molecule has 2 heterocycles. The summed E-state index contributed by atoms with van der Waals surface area (Å²) in [7, 11) is 0. The van der Waals surface area contributed by atoms with Crippen LogP contribution in [0.5, 0.6) is 0 Å². The Morgan fingerprint density at radius 3 is 2.55 bits per heavy atom. The molecule has 1 aromatic heterocycles. The summed E-state index contributed by atoms with van der Waals surface area (Å²) in [6, 6.07) is 7.38. The highest BCUT2D eigenvalue weighted by Crippen LogP contribution is 2.17. The lowest BCUT2D eigenvalue weighted by Gasteiger charge is -2.29. The second kappa shape index (κ2) is 5.95. The average molecular weight is 299 g/mol. The number of aromatic nitrogens is 2. The topological polar surface area (TPSA) is 74.0 Å². The quantitative estimate of drug-likeness (QED) is 0.881. The summed E-state index contributed by atoms with van der Waals surface area (Å²) in [5.41, 5.74) is 0.536. The highest BCUT2D eigenvalue weighted by atomic mass is 19.1. The van der Waals surface area contributed by atoms with Crippen molar-refractivity contribution < 1.29 is 4.39 Å². The van der Waals surface area contributed by atoms with E-state index in [2.05, 4.69) is 10.4 Å². The smallest absolute Gasteiger partial charge is 0.291 e. The van der Waals surface area contributed by atoms with Gasteiger partial charge < -0.3 is 10.2 Å². The molecule has 112 valence electrons. The van der Waals surface area contributed by atoms with E-state index in [1.54, 1.807) is 0 Å². The maximum atomic E-state index is 13.0. The van der Waals surface area contributed by atoms with Gasteiger partial charge in [0.25, 0.3) is 5.56 Å². The van der Waals surface area contributed by atoms with Crippen LogP contribution in [-0.4, -0.2) is 36.0 Å². The van der Waals surface area contributed by atoms with Gasteiger partial charge >= 0.3 is 0 Å². The summed E-state index contributed by atoms with van der Waals surface area (Å²) in [6.07, 6.45) is 1.52. The fourth-order valence-electron chi connectivity index (χ4n) is 2.46. The molecule has 1 N–H and O–H groups in total. The lowest BCUT2D eigenvalue weighted by atomic mass is 10.2. The number of nitrogens with zero attached hydrogens (tertiary/aromatic N) is 4. The minimum atomic E-state index is -0.495. The number of piperazine rings is 1. The molecule has 1 fully saturated rings. The van der Waals surface area contributed by atoms with E-state index in [0.717, 1.165) is 30.9 Å². The molecular formula is C15H14FN5O. The van der Waals surface area contributed by atoms with E-state index in [1.807, 2.05) is 11.0 Å². The highest BCUT2D eigenvalue weighted by Gasteiger charge is 2.19. The predicted molar refractivity (Wildman–Crippen MR) is 79.6 cm³/mol. The Morgan fingerprint density at radius 1 is 1.23 bits per heavy atom. The highest BCUT2D eigenvalue weighted by molar-refractivity contribution is 5.57. The Morgan fingerprint density at radius 2 is 1.91 bits per heavy atom. The van der Waals surface area contributed by atoms with Gasteiger partial charge in [-0.1, -0.05) is 0 Å². The zero-order valence-corrected chi connectivity index (χ0v) is 11.8. The van der Waals surface area contributed by atoms with Crippen molar-refractivity contribution in [2.45, 2.75) is 0 Å². The van der Waals surface area contributed by atoms with E-state index < -0.39 is 11.4 Å². The Bertz CT molecular complexity index is 772. The molecule has 0 bridgehead atoms. The van der Waals surface area contributed by atoms with Crippen molar-refractivity contribution >= 4 is 5.69 Å². The van der Waals surface area contributed by atoms with Gasteiger partial charge in [-0.2, -0.15) is 15.0 Å². The van der Waals surface area contributed by atoms with E-state index in [-0.39, 0.29) is 5.56 Å². The van der Waals surface area contributed by atoms with Crippen molar-refractivity contribution in [3.05, 3.63) is 52.2 Å². The van der Waals surface area contributed by atoms with Crippen molar-refractivity contribution in [1.82, 2.24) is 15.1 Å². The van der Waals surface area contributed by atoms with E-state index >= 15 is 0 Å². The van der Waals surface area contributed by atoms with E-state index in [1.165, 1.54) is 30.5 Å². The van der Waals surface area contributed by atoms with Gasteiger partial charge in [0.15, 0.2) is 0 Å². The summed E-state index contributed by atoms with van der Waals surface area (Å²) in [5.74, 6) is -0.394. The molecule has 2 aromatic rings. The first-order valence-electron chi connectivity index (χ1n) is 6.95. The zero-order chi connectivity index (χ0) is 15.5. The number of hydrogen-bond donors (Lipinski definition) is 1. The first kappa shape index (κ1) is 14.2. The van der Waals surface area contributed by atoms with Gasteiger partial charge in [-0.25, -0.2) is 4.39 Å². The summed E-state index contributed by atoms with van der Waals surface area (Å²) in [4.78, 5) is 14.5. The predicted octanol–water partition coefficient (Wildman–Crippen LogP) is 0.653. The molecule has 1 saturated heterocycles. The Labute approximate surface area is 126 Å². The minimum Gasteiger partial charge on any atom is -0.366 e. The molecular weight excluding hydrogens is 285 g/mol. The third-order valence-corrected chi connectivity index (χ3v) is 3.60. The third kappa shape index (κ3) is 2.56.